The van der Waals surface area contributed by atoms with E-state index in [1.165, 1.54) is 4.90 Å². The molecule has 0 aliphatic carbocycles. The number of ether oxygens (including phenoxy) is 2. The lowest BCUT2D eigenvalue weighted by atomic mass is 10.0. The molecule has 0 radical (unpaired) electrons. The average Bonchev–Trinajstić information content (AvgIpc) is 2.82. The van der Waals surface area contributed by atoms with Crippen LogP contribution in [0.2, 0.25) is 5.02 Å². The predicted molar refractivity (Wildman–Crippen MR) is 124 cm³/mol. The van der Waals surface area contributed by atoms with Gasteiger partial charge in [0.05, 0.1) is 31.6 Å². The minimum Gasteiger partial charge on any atom is -0.497 e. The Kier molecular flexibility index (Phi) is 7.76. The first kappa shape index (κ1) is 22.5. The summed E-state index contributed by atoms with van der Waals surface area (Å²) in [5.74, 6) is 1.30. The molecule has 0 bridgehead atoms. The second kappa shape index (κ2) is 10.7. The molecule has 1 aromatic heterocycles. The van der Waals surface area contributed by atoms with E-state index in [0.717, 1.165) is 64.3 Å². The highest BCUT2D eigenvalue weighted by atomic mass is 35.5. The van der Waals surface area contributed by atoms with Gasteiger partial charge in [0.1, 0.15) is 10.8 Å². The Bertz CT molecular complexity index is 910. The molecule has 2 aromatic rings. The molecule has 1 N–H and O–H groups in total. The maximum atomic E-state index is 12.8. The fourth-order valence-electron chi connectivity index (χ4n) is 4.01. The number of rotatable bonds is 7. The van der Waals surface area contributed by atoms with Gasteiger partial charge >= 0.3 is 0 Å². The summed E-state index contributed by atoms with van der Waals surface area (Å²) in [5.41, 5.74) is 0.397. The molecule has 9 heteroatoms. The molecule has 2 aliphatic heterocycles. The standard InChI is InChI=1S/C22H29ClN4O3S/c1-29-18-4-6-19(7-5-18)31-26-10-8-17(9-11-26)27-22(28)21(23)20(14-25-27)24-13-16-3-2-12-30-15-16/h4-7,14,16-17,24H,2-3,8-13,15H2,1H3. The van der Waals surface area contributed by atoms with Gasteiger partial charge in [0, 0.05) is 31.1 Å². The lowest BCUT2D eigenvalue weighted by Crippen LogP contribution is -2.36. The third-order valence-corrected chi connectivity index (χ3v) is 7.31. The molecule has 0 saturated carbocycles. The summed E-state index contributed by atoms with van der Waals surface area (Å²) in [4.78, 5) is 14.0. The molecule has 1 aromatic carbocycles. The first-order chi connectivity index (χ1) is 15.1. The van der Waals surface area contributed by atoms with E-state index in [0.29, 0.717) is 11.6 Å². The molecule has 1 unspecified atom stereocenters. The summed E-state index contributed by atoms with van der Waals surface area (Å²) in [7, 11) is 1.67. The molecular formula is C22H29ClN4O3S. The highest BCUT2D eigenvalue weighted by Gasteiger charge is 2.24. The quantitative estimate of drug-likeness (QED) is 0.619. The number of nitrogens with one attached hydrogen (secondary N) is 1. The van der Waals surface area contributed by atoms with E-state index in [9.17, 15) is 4.79 Å². The second-order valence-electron chi connectivity index (χ2n) is 8.01. The zero-order chi connectivity index (χ0) is 21.6. The topological polar surface area (TPSA) is 68.6 Å². The van der Waals surface area contributed by atoms with Gasteiger partial charge < -0.3 is 14.8 Å². The van der Waals surface area contributed by atoms with Crippen molar-refractivity contribution in [2.24, 2.45) is 5.92 Å². The maximum Gasteiger partial charge on any atom is 0.287 e. The van der Waals surface area contributed by atoms with Crippen molar-refractivity contribution in [3.8, 4) is 5.75 Å². The summed E-state index contributed by atoms with van der Waals surface area (Å²) in [5, 5.41) is 7.95. The van der Waals surface area contributed by atoms with Gasteiger partial charge in [0.15, 0.2) is 0 Å². The minimum atomic E-state index is -0.215. The first-order valence-electron chi connectivity index (χ1n) is 10.8. The molecule has 2 saturated heterocycles. The van der Waals surface area contributed by atoms with Crippen LogP contribution >= 0.6 is 23.5 Å². The number of benzene rings is 1. The highest BCUT2D eigenvalue weighted by molar-refractivity contribution is 7.97. The zero-order valence-corrected chi connectivity index (χ0v) is 19.3. The summed E-state index contributed by atoms with van der Waals surface area (Å²) in [6.07, 6.45) is 5.61. The van der Waals surface area contributed by atoms with Crippen molar-refractivity contribution in [2.75, 3.05) is 45.3 Å². The Morgan fingerprint density at radius 1 is 1.26 bits per heavy atom. The molecule has 1 atom stereocenters. The molecule has 0 amide bonds. The number of halogens is 1. The van der Waals surface area contributed by atoms with Crippen molar-refractivity contribution in [3.05, 3.63) is 45.8 Å². The van der Waals surface area contributed by atoms with Gasteiger partial charge in [-0.2, -0.15) is 5.10 Å². The van der Waals surface area contributed by atoms with Crippen LogP contribution in [0.25, 0.3) is 0 Å². The summed E-state index contributed by atoms with van der Waals surface area (Å²) in [6, 6.07) is 8.13. The fourth-order valence-corrected chi connectivity index (χ4v) is 5.17. The SMILES string of the molecule is COc1ccc(SN2CCC(n3ncc(NCC4CCCOC4)c(Cl)c3=O)CC2)cc1. The molecule has 0 spiro atoms. The fraction of sp³-hybridized carbons (Fsp3) is 0.545. The monoisotopic (exact) mass is 464 g/mol. The van der Waals surface area contributed by atoms with Crippen LogP contribution in [0.1, 0.15) is 31.7 Å². The van der Waals surface area contributed by atoms with E-state index in [2.05, 4.69) is 26.9 Å². The number of hydrogen-bond acceptors (Lipinski definition) is 7. The second-order valence-corrected chi connectivity index (χ2v) is 9.56. The molecule has 7 nitrogen and oxygen atoms in total. The number of aromatic nitrogens is 2. The van der Waals surface area contributed by atoms with Crippen molar-refractivity contribution in [1.29, 1.82) is 0 Å². The zero-order valence-electron chi connectivity index (χ0n) is 17.8. The number of anilines is 1. The molecule has 2 fully saturated rings. The van der Waals surface area contributed by atoms with Gasteiger partial charge in [-0.05, 0) is 67.8 Å². The molecule has 31 heavy (non-hydrogen) atoms. The number of hydrogen-bond donors (Lipinski definition) is 1. The molecule has 4 rings (SSSR count). The lowest BCUT2D eigenvalue weighted by molar-refractivity contribution is 0.0595. The van der Waals surface area contributed by atoms with E-state index in [-0.39, 0.29) is 16.6 Å². The van der Waals surface area contributed by atoms with Gasteiger partial charge in [-0.1, -0.05) is 11.6 Å². The third-order valence-electron chi connectivity index (χ3n) is 5.84. The van der Waals surface area contributed by atoms with Gasteiger partial charge in [0.25, 0.3) is 5.56 Å². The average molecular weight is 465 g/mol. The number of piperidine rings is 1. The van der Waals surface area contributed by atoms with E-state index in [4.69, 9.17) is 21.1 Å². The van der Waals surface area contributed by atoms with Crippen LogP contribution in [0.5, 0.6) is 5.75 Å². The van der Waals surface area contributed by atoms with Gasteiger partial charge in [0.2, 0.25) is 0 Å². The van der Waals surface area contributed by atoms with Crippen molar-refractivity contribution < 1.29 is 9.47 Å². The smallest absolute Gasteiger partial charge is 0.287 e. The van der Waals surface area contributed by atoms with Crippen LogP contribution < -0.4 is 15.6 Å². The number of nitrogens with zero attached hydrogens (tertiary/aromatic N) is 3. The van der Waals surface area contributed by atoms with Gasteiger partial charge in [-0.15, -0.1) is 0 Å². The van der Waals surface area contributed by atoms with Crippen LogP contribution in [-0.4, -0.2) is 54.0 Å². The Balaban J connectivity index is 1.32. The van der Waals surface area contributed by atoms with E-state index in [1.54, 1.807) is 29.9 Å². The third kappa shape index (κ3) is 5.74. The maximum absolute atomic E-state index is 12.8. The van der Waals surface area contributed by atoms with Gasteiger partial charge in [-0.3, -0.25) is 4.79 Å². The van der Waals surface area contributed by atoms with Crippen LogP contribution in [0.15, 0.2) is 40.2 Å². The van der Waals surface area contributed by atoms with Crippen molar-refractivity contribution in [2.45, 2.75) is 36.6 Å². The van der Waals surface area contributed by atoms with E-state index >= 15 is 0 Å². The van der Waals surface area contributed by atoms with E-state index < -0.39 is 0 Å². The Morgan fingerprint density at radius 2 is 2.03 bits per heavy atom. The van der Waals surface area contributed by atoms with Crippen molar-refractivity contribution >= 4 is 29.2 Å². The molecular weight excluding hydrogens is 436 g/mol. The predicted octanol–water partition coefficient (Wildman–Crippen LogP) is 4.09. The van der Waals surface area contributed by atoms with Gasteiger partial charge in [-0.25, -0.2) is 8.99 Å². The molecule has 3 heterocycles. The summed E-state index contributed by atoms with van der Waals surface area (Å²) >= 11 is 8.14. The summed E-state index contributed by atoms with van der Waals surface area (Å²) < 4.78 is 14.6. The summed E-state index contributed by atoms with van der Waals surface area (Å²) in [6.45, 7) is 4.10. The van der Waals surface area contributed by atoms with E-state index in [1.807, 2.05) is 12.1 Å². The Hall–Kier alpha value is -1.74. The number of methoxy groups -OCH3 is 1. The van der Waals surface area contributed by atoms with Crippen LogP contribution in [0, 0.1) is 5.92 Å². The first-order valence-corrected chi connectivity index (χ1v) is 11.9. The highest BCUT2D eigenvalue weighted by Crippen LogP contribution is 2.31. The van der Waals surface area contributed by atoms with Crippen LogP contribution in [0.4, 0.5) is 5.69 Å². The van der Waals surface area contributed by atoms with Crippen LogP contribution in [-0.2, 0) is 4.74 Å². The molecule has 168 valence electrons. The largest absolute Gasteiger partial charge is 0.497 e. The van der Waals surface area contributed by atoms with Crippen LogP contribution in [0.3, 0.4) is 0 Å². The molecule has 2 aliphatic rings. The van der Waals surface area contributed by atoms with Crippen molar-refractivity contribution in [3.63, 3.8) is 0 Å². The minimum absolute atomic E-state index is 0.0681. The van der Waals surface area contributed by atoms with Crippen molar-refractivity contribution in [1.82, 2.24) is 14.1 Å². The Labute approximate surface area is 192 Å². The lowest BCUT2D eigenvalue weighted by Gasteiger charge is -2.31. The Morgan fingerprint density at radius 3 is 2.71 bits per heavy atom. The normalized spacial score (nSPS) is 20.5.